The lowest BCUT2D eigenvalue weighted by atomic mass is 10.2. The topological polar surface area (TPSA) is 41.7 Å². The first-order valence-corrected chi connectivity index (χ1v) is 7.15. The van der Waals surface area contributed by atoms with Crippen LogP contribution in [-0.4, -0.2) is 51.3 Å². The Kier molecular flexibility index (Phi) is 10.6. The molecule has 2 N–H and O–H groups in total. The Morgan fingerprint density at radius 1 is 1.05 bits per heavy atom. The van der Waals surface area contributed by atoms with Crippen molar-refractivity contribution in [2.24, 2.45) is 5.73 Å². The van der Waals surface area contributed by atoms with E-state index in [4.69, 9.17) is 10.5 Å². The van der Waals surface area contributed by atoms with Gasteiger partial charge in [-0.3, -0.25) is 4.90 Å². The number of para-hydroxylation sites is 2. The lowest BCUT2D eigenvalue weighted by Gasteiger charge is -2.36. The summed E-state index contributed by atoms with van der Waals surface area (Å²) in [6.45, 7) is 6.38. The molecule has 0 radical (unpaired) electrons. The predicted molar refractivity (Wildman–Crippen MR) is 94.4 cm³/mol. The molecule has 1 heterocycles. The van der Waals surface area contributed by atoms with Crippen molar-refractivity contribution >= 4 is 30.5 Å². The van der Waals surface area contributed by atoms with Gasteiger partial charge in [-0.25, -0.2) is 0 Å². The Bertz CT molecular complexity index is 385. The van der Waals surface area contributed by atoms with Gasteiger partial charge in [0.2, 0.25) is 0 Å². The minimum atomic E-state index is 0. The van der Waals surface area contributed by atoms with E-state index in [1.54, 1.807) is 7.11 Å². The van der Waals surface area contributed by atoms with Crippen LogP contribution in [0.3, 0.4) is 0 Å². The number of nitrogens with zero attached hydrogens (tertiary/aromatic N) is 2. The molecule has 6 heteroatoms. The van der Waals surface area contributed by atoms with Crippen molar-refractivity contribution in [2.75, 3.05) is 51.3 Å². The van der Waals surface area contributed by atoms with Gasteiger partial charge in [-0.2, -0.15) is 0 Å². The number of nitrogens with two attached hydrogens (primary N) is 1. The molecule has 0 saturated carbocycles. The molecule has 122 valence electrons. The van der Waals surface area contributed by atoms with Gasteiger partial charge in [-0.15, -0.1) is 24.8 Å². The van der Waals surface area contributed by atoms with Gasteiger partial charge in [-0.05, 0) is 38.1 Å². The SMILES string of the molecule is COc1ccccc1N1CCN(CCCCN)CC1.Cl.Cl. The summed E-state index contributed by atoms with van der Waals surface area (Å²) in [6, 6.07) is 8.27. The molecule has 2 rings (SSSR count). The second-order valence-electron chi connectivity index (χ2n) is 5.00. The number of unbranched alkanes of at least 4 members (excludes halogenated alkanes) is 1. The van der Waals surface area contributed by atoms with Gasteiger partial charge in [0.25, 0.3) is 0 Å². The molecule has 1 aliphatic rings. The highest BCUT2D eigenvalue weighted by atomic mass is 35.5. The fraction of sp³-hybridized carbons (Fsp3) is 0.600. The van der Waals surface area contributed by atoms with E-state index in [-0.39, 0.29) is 24.8 Å². The number of hydrogen-bond donors (Lipinski definition) is 1. The van der Waals surface area contributed by atoms with Crippen molar-refractivity contribution in [2.45, 2.75) is 12.8 Å². The zero-order valence-electron chi connectivity index (χ0n) is 12.7. The molecule has 0 bridgehead atoms. The molecule has 0 unspecified atom stereocenters. The minimum absolute atomic E-state index is 0. The zero-order valence-corrected chi connectivity index (χ0v) is 14.3. The van der Waals surface area contributed by atoms with E-state index in [0.29, 0.717) is 0 Å². The van der Waals surface area contributed by atoms with Crippen molar-refractivity contribution < 1.29 is 4.74 Å². The number of halogens is 2. The van der Waals surface area contributed by atoms with Gasteiger partial charge < -0.3 is 15.4 Å². The van der Waals surface area contributed by atoms with Crippen LogP contribution < -0.4 is 15.4 Å². The standard InChI is InChI=1S/C15H25N3O.2ClH/c1-19-15-7-3-2-6-14(15)18-12-10-17(11-13-18)9-5-4-8-16;;/h2-3,6-7H,4-5,8-13,16H2,1H3;2*1H. The molecule has 0 aliphatic carbocycles. The Balaban J connectivity index is 0.00000200. The number of hydrogen-bond acceptors (Lipinski definition) is 4. The molecule has 0 aromatic heterocycles. The van der Waals surface area contributed by atoms with Gasteiger partial charge in [0.05, 0.1) is 12.8 Å². The van der Waals surface area contributed by atoms with E-state index in [1.807, 2.05) is 12.1 Å². The molecule has 0 spiro atoms. The molecular formula is C15H27Cl2N3O. The molecule has 1 aromatic rings. The van der Waals surface area contributed by atoms with Gasteiger partial charge in [0.15, 0.2) is 0 Å². The van der Waals surface area contributed by atoms with Crippen LogP contribution in [0.15, 0.2) is 24.3 Å². The fourth-order valence-corrected chi connectivity index (χ4v) is 2.58. The maximum Gasteiger partial charge on any atom is 0.142 e. The van der Waals surface area contributed by atoms with E-state index in [2.05, 4.69) is 21.9 Å². The third kappa shape index (κ3) is 5.91. The number of ether oxygens (including phenoxy) is 1. The molecule has 1 fully saturated rings. The first-order chi connectivity index (χ1) is 9.35. The summed E-state index contributed by atoms with van der Waals surface area (Å²) in [6.07, 6.45) is 2.35. The molecule has 1 saturated heterocycles. The average Bonchev–Trinajstić information content (AvgIpc) is 2.48. The molecule has 4 nitrogen and oxygen atoms in total. The highest BCUT2D eigenvalue weighted by Crippen LogP contribution is 2.28. The number of rotatable bonds is 6. The monoisotopic (exact) mass is 335 g/mol. The van der Waals surface area contributed by atoms with E-state index in [0.717, 1.165) is 44.9 Å². The van der Waals surface area contributed by atoms with E-state index < -0.39 is 0 Å². The number of anilines is 1. The van der Waals surface area contributed by atoms with Crippen LogP contribution >= 0.6 is 24.8 Å². The highest BCUT2D eigenvalue weighted by molar-refractivity contribution is 5.85. The lowest BCUT2D eigenvalue weighted by Crippen LogP contribution is -2.46. The minimum Gasteiger partial charge on any atom is -0.495 e. The summed E-state index contributed by atoms with van der Waals surface area (Å²) in [7, 11) is 1.74. The maximum atomic E-state index is 5.53. The van der Waals surface area contributed by atoms with Crippen LogP contribution in [0.5, 0.6) is 5.75 Å². The van der Waals surface area contributed by atoms with E-state index in [1.165, 1.54) is 18.7 Å². The Labute approximate surface area is 140 Å². The van der Waals surface area contributed by atoms with Crippen molar-refractivity contribution in [1.82, 2.24) is 4.90 Å². The van der Waals surface area contributed by atoms with Gasteiger partial charge in [0.1, 0.15) is 5.75 Å². The third-order valence-electron chi connectivity index (χ3n) is 3.73. The normalized spacial score (nSPS) is 15.0. The van der Waals surface area contributed by atoms with Crippen LogP contribution in [-0.2, 0) is 0 Å². The second kappa shape index (κ2) is 11.0. The highest BCUT2D eigenvalue weighted by Gasteiger charge is 2.18. The van der Waals surface area contributed by atoms with Crippen LogP contribution in [0.4, 0.5) is 5.69 Å². The van der Waals surface area contributed by atoms with Crippen molar-refractivity contribution in [3.63, 3.8) is 0 Å². The smallest absolute Gasteiger partial charge is 0.142 e. The van der Waals surface area contributed by atoms with Crippen molar-refractivity contribution in [3.8, 4) is 5.75 Å². The van der Waals surface area contributed by atoms with E-state index in [9.17, 15) is 0 Å². The quantitative estimate of drug-likeness (QED) is 0.810. The average molecular weight is 336 g/mol. The second-order valence-corrected chi connectivity index (χ2v) is 5.00. The molecular weight excluding hydrogens is 309 g/mol. The van der Waals surface area contributed by atoms with Crippen LogP contribution in [0, 0.1) is 0 Å². The number of methoxy groups -OCH3 is 1. The van der Waals surface area contributed by atoms with Crippen LogP contribution in [0.1, 0.15) is 12.8 Å². The first-order valence-electron chi connectivity index (χ1n) is 7.15. The summed E-state index contributed by atoms with van der Waals surface area (Å²) in [5.41, 5.74) is 6.75. The summed E-state index contributed by atoms with van der Waals surface area (Å²) >= 11 is 0. The van der Waals surface area contributed by atoms with Gasteiger partial charge in [-0.1, -0.05) is 12.1 Å². The summed E-state index contributed by atoms with van der Waals surface area (Å²) in [4.78, 5) is 4.94. The van der Waals surface area contributed by atoms with Crippen molar-refractivity contribution in [1.29, 1.82) is 0 Å². The largest absolute Gasteiger partial charge is 0.495 e. The molecule has 21 heavy (non-hydrogen) atoms. The van der Waals surface area contributed by atoms with Gasteiger partial charge in [0, 0.05) is 26.2 Å². The molecule has 0 amide bonds. The lowest BCUT2D eigenvalue weighted by molar-refractivity contribution is 0.252. The Morgan fingerprint density at radius 2 is 1.71 bits per heavy atom. The summed E-state index contributed by atoms with van der Waals surface area (Å²) in [5, 5.41) is 0. The maximum absolute atomic E-state index is 5.53. The fourth-order valence-electron chi connectivity index (χ4n) is 2.58. The summed E-state index contributed by atoms with van der Waals surface area (Å²) in [5.74, 6) is 0.971. The molecule has 0 atom stereocenters. The summed E-state index contributed by atoms with van der Waals surface area (Å²) < 4.78 is 5.44. The third-order valence-corrected chi connectivity index (χ3v) is 3.73. The molecule has 1 aromatic carbocycles. The Hall–Kier alpha value is -0.680. The number of benzene rings is 1. The van der Waals surface area contributed by atoms with Crippen LogP contribution in [0.25, 0.3) is 0 Å². The molecule has 1 aliphatic heterocycles. The Morgan fingerprint density at radius 3 is 2.33 bits per heavy atom. The van der Waals surface area contributed by atoms with Gasteiger partial charge >= 0.3 is 0 Å². The predicted octanol–water partition coefficient (Wildman–Crippen LogP) is 2.40. The zero-order chi connectivity index (χ0) is 13.5. The van der Waals surface area contributed by atoms with Crippen LogP contribution in [0.2, 0.25) is 0 Å². The first kappa shape index (κ1) is 20.3. The van der Waals surface area contributed by atoms with E-state index >= 15 is 0 Å². The number of piperazine rings is 1. The van der Waals surface area contributed by atoms with Crippen molar-refractivity contribution in [3.05, 3.63) is 24.3 Å².